The minimum atomic E-state index is -0.890. The Morgan fingerprint density at radius 2 is 2.10 bits per heavy atom. The lowest BCUT2D eigenvalue weighted by molar-refractivity contribution is 0.0697. The molecule has 1 unspecified atom stereocenters. The fraction of sp³-hybridized carbons (Fsp3) is 0.267. The van der Waals surface area contributed by atoms with E-state index in [-0.39, 0.29) is 0 Å². The lowest BCUT2D eigenvalue weighted by Gasteiger charge is -2.24. The zero-order chi connectivity index (χ0) is 14.1. The summed E-state index contributed by atoms with van der Waals surface area (Å²) in [4.78, 5) is 12.3. The van der Waals surface area contributed by atoms with Gasteiger partial charge in [0.1, 0.15) is 0 Å². The minimum absolute atomic E-state index is 0.317. The molecule has 3 nitrogen and oxygen atoms in total. The van der Waals surface area contributed by atoms with Gasteiger partial charge in [-0.25, -0.2) is 4.79 Å². The fourth-order valence-electron chi connectivity index (χ4n) is 2.58. The van der Waals surface area contributed by atoms with Gasteiger partial charge in [0.2, 0.25) is 0 Å². The number of nitrogens with one attached hydrogen (secondary N) is 1. The van der Waals surface area contributed by atoms with Gasteiger partial charge in [-0.3, -0.25) is 0 Å². The van der Waals surface area contributed by atoms with Crippen molar-refractivity contribution in [3.8, 4) is 0 Å². The molecule has 104 valence electrons. The zero-order valence-electron chi connectivity index (χ0n) is 10.7. The smallest absolute Gasteiger partial charge is 0.335 e. The predicted octanol–water partition coefficient (Wildman–Crippen LogP) is 4.70. The maximum Gasteiger partial charge on any atom is 0.335 e. The van der Waals surface area contributed by atoms with Gasteiger partial charge in [-0.15, -0.1) is 11.3 Å². The van der Waals surface area contributed by atoms with Crippen molar-refractivity contribution >= 4 is 38.9 Å². The Kier molecular flexibility index (Phi) is 3.81. The molecule has 0 fully saturated rings. The Morgan fingerprint density at radius 1 is 1.35 bits per heavy atom. The number of hydrogen-bond donors (Lipinski definition) is 2. The number of hydrogen-bond acceptors (Lipinski definition) is 3. The molecule has 20 heavy (non-hydrogen) atoms. The van der Waals surface area contributed by atoms with E-state index in [0.717, 1.165) is 18.5 Å². The van der Waals surface area contributed by atoms with Crippen molar-refractivity contribution in [2.24, 2.45) is 0 Å². The Labute approximate surface area is 129 Å². The largest absolute Gasteiger partial charge is 0.478 e. The number of halogens is 1. The number of fused-ring (bicyclic) bond motifs is 1. The number of carboxylic acid groups (broad SMARTS) is 1. The molecule has 1 aliphatic rings. The topological polar surface area (TPSA) is 49.3 Å². The highest BCUT2D eigenvalue weighted by molar-refractivity contribution is 9.11. The van der Waals surface area contributed by atoms with Crippen LogP contribution in [-0.4, -0.2) is 11.1 Å². The average Bonchev–Trinajstić information content (AvgIpc) is 2.81. The normalized spacial score (nSPS) is 17.6. The maximum absolute atomic E-state index is 10.8. The number of carboxylic acids is 1. The van der Waals surface area contributed by atoms with Crippen LogP contribution in [0.1, 0.15) is 39.7 Å². The first-order valence-corrected chi connectivity index (χ1v) is 8.12. The van der Waals surface area contributed by atoms with E-state index < -0.39 is 5.97 Å². The second kappa shape index (κ2) is 5.58. The maximum atomic E-state index is 10.8. The molecule has 1 atom stereocenters. The molecule has 1 aliphatic carbocycles. The highest BCUT2D eigenvalue weighted by Crippen LogP contribution is 2.39. The highest BCUT2D eigenvalue weighted by atomic mass is 79.9. The van der Waals surface area contributed by atoms with Gasteiger partial charge < -0.3 is 10.4 Å². The fourth-order valence-corrected chi connectivity index (χ4v) is 4.40. The molecule has 0 spiro atoms. The number of thiophene rings is 1. The number of carbonyl (C=O) groups is 1. The number of aryl methyl sites for hydroxylation is 1. The third kappa shape index (κ3) is 2.74. The third-order valence-electron chi connectivity index (χ3n) is 3.56. The third-order valence-corrected chi connectivity index (χ3v) is 5.27. The summed E-state index contributed by atoms with van der Waals surface area (Å²) < 4.78 is 1.18. The summed E-state index contributed by atoms with van der Waals surface area (Å²) in [6, 6.07) is 9.45. The van der Waals surface area contributed by atoms with Gasteiger partial charge in [-0.1, -0.05) is 0 Å². The predicted molar refractivity (Wildman–Crippen MR) is 84.7 cm³/mol. The van der Waals surface area contributed by atoms with Gasteiger partial charge in [0, 0.05) is 10.6 Å². The van der Waals surface area contributed by atoms with Crippen LogP contribution >= 0.6 is 27.3 Å². The molecule has 2 aromatic rings. The SMILES string of the molecule is O=C(O)c1ccc(NC2CCCc3sc(Br)cc32)cc1. The van der Waals surface area contributed by atoms with Gasteiger partial charge in [-0.05, 0) is 71.1 Å². The molecule has 1 aromatic carbocycles. The van der Waals surface area contributed by atoms with Crippen molar-refractivity contribution in [2.45, 2.75) is 25.3 Å². The molecule has 3 rings (SSSR count). The van der Waals surface area contributed by atoms with E-state index in [0.29, 0.717) is 11.6 Å². The summed E-state index contributed by atoms with van der Waals surface area (Å²) in [5, 5.41) is 12.4. The molecular weight excluding hydrogens is 338 g/mol. The monoisotopic (exact) mass is 351 g/mol. The summed E-state index contributed by atoms with van der Waals surface area (Å²) >= 11 is 5.37. The van der Waals surface area contributed by atoms with Crippen molar-refractivity contribution in [2.75, 3.05) is 5.32 Å². The van der Waals surface area contributed by atoms with Crippen LogP contribution in [0.2, 0.25) is 0 Å². The second-order valence-electron chi connectivity index (χ2n) is 4.90. The van der Waals surface area contributed by atoms with E-state index in [2.05, 4.69) is 27.3 Å². The van der Waals surface area contributed by atoms with E-state index >= 15 is 0 Å². The molecular formula is C15H14BrNO2S. The van der Waals surface area contributed by atoms with E-state index in [9.17, 15) is 4.79 Å². The molecule has 2 N–H and O–H groups in total. The quantitative estimate of drug-likeness (QED) is 0.842. The van der Waals surface area contributed by atoms with Crippen LogP contribution in [0.5, 0.6) is 0 Å². The van der Waals surface area contributed by atoms with Crippen LogP contribution in [0.25, 0.3) is 0 Å². The zero-order valence-corrected chi connectivity index (χ0v) is 13.1. The van der Waals surface area contributed by atoms with Gasteiger partial charge in [0.25, 0.3) is 0 Å². The summed E-state index contributed by atoms with van der Waals surface area (Å²) in [5.41, 5.74) is 2.66. The molecule has 0 amide bonds. The number of rotatable bonds is 3. The van der Waals surface area contributed by atoms with Crippen molar-refractivity contribution in [3.63, 3.8) is 0 Å². The second-order valence-corrected chi connectivity index (χ2v) is 7.42. The Balaban J connectivity index is 1.80. The van der Waals surface area contributed by atoms with Crippen LogP contribution in [0.4, 0.5) is 5.69 Å². The first-order valence-electron chi connectivity index (χ1n) is 6.51. The molecule has 0 bridgehead atoms. The van der Waals surface area contributed by atoms with Crippen LogP contribution in [-0.2, 0) is 6.42 Å². The molecule has 5 heteroatoms. The summed E-state index contributed by atoms with van der Waals surface area (Å²) in [6.45, 7) is 0. The average molecular weight is 352 g/mol. The molecule has 0 aliphatic heterocycles. The number of anilines is 1. The Hall–Kier alpha value is -1.33. The van der Waals surface area contributed by atoms with Crippen LogP contribution in [0.15, 0.2) is 34.1 Å². The lowest BCUT2D eigenvalue weighted by Crippen LogP contribution is -2.15. The van der Waals surface area contributed by atoms with E-state index in [1.807, 2.05) is 23.5 Å². The lowest BCUT2D eigenvalue weighted by atomic mass is 9.94. The summed E-state index contributed by atoms with van der Waals surface area (Å²) in [6.07, 6.45) is 3.45. The molecule has 0 saturated carbocycles. The minimum Gasteiger partial charge on any atom is -0.478 e. The summed E-state index contributed by atoms with van der Waals surface area (Å²) in [7, 11) is 0. The molecule has 0 saturated heterocycles. The summed E-state index contributed by atoms with van der Waals surface area (Å²) in [5.74, 6) is -0.890. The molecule has 0 radical (unpaired) electrons. The van der Waals surface area contributed by atoms with Gasteiger partial charge in [0.15, 0.2) is 0 Å². The van der Waals surface area contributed by atoms with Gasteiger partial charge in [-0.2, -0.15) is 0 Å². The van der Waals surface area contributed by atoms with Crippen molar-refractivity contribution in [1.29, 1.82) is 0 Å². The Morgan fingerprint density at radius 3 is 2.80 bits per heavy atom. The van der Waals surface area contributed by atoms with E-state index in [1.54, 1.807) is 12.1 Å². The number of aromatic carboxylic acids is 1. The molecule has 1 aromatic heterocycles. The van der Waals surface area contributed by atoms with Crippen LogP contribution < -0.4 is 5.32 Å². The standard InChI is InChI=1S/C15H14BrNO2S/c16-14-8-11-12(2-1-3-13(11)20-14)17-10-6-4-9(5-7-10)15(18)19/h4-8,12,17H,1-3H2,(H,18,19). The molecule has 1 heterocycles. The van der Waals surface area contributed by atoms with Gasteiger partial charge in [0.05, 0.1) is 15.4 Å². The van der Waals surface area contributed by atoms with Crippen molar-refractivity contribution < 1.29 is 9.90 Å². The van der Waals surface area contributed by atoms with E-state index in [4.69, 9.17) is 5.11 Å². The first-order chi connectivity index (χ1) is 9.63. The highest BCUT2D eigenvalue weighted by Gasteiger charge is 2.22. The Bertz CT molecular complexity index is 636. The van der Waals surface area contributed by atoms with Gasteiger partial charge >= 0.3 is 5.97 Å². The van der Waals surface area contributed by atoms with E-state index in [1.165, 1.54) is 20.6 Å². The first kappa shape index (κ1) is 13.6. The van der Waals surface area contributed by atoms with Crippen LogP contribution in [0, 0.1) is 0 Å². The van der Waals surface area contributed by atoms with Crippen molar-refractivity contribution in [3.05, 3.63) is 50.1 Å². The number of benzene rings is 1. The van der Waals surface area contributed by atoms with Crippen LogP contribution in [0.3, 0.4) is 0 Å². The van der Waals surface area contributed by atoms with Crippen molar-refractivity contribution in [1.82, 2.24) is 0 Å².